The molecule has 0 amide bonds. The number of hydrogen-bond donors (Lipinski definition) is 1. The van der Waals surface area contributed by atoms with Crippen LogP contribution in [0.25, 0.3) is 33.4 Å². The zero-order valence-electron chi connectivity index (χ0n) is 25.5. The number of nitrogens with one attached hydrogen (secondary N) is 1. The van der Waals surface area contributed by atoms with E-state index in [4.69, 9.17) is 6.85 Å². The van der Waals surface area contributed by atoms with Crippen LogP contribution < -0.4 is 5.32 Å². The first-order valence-electron chi connectivity index (χ1n) is 15.3. The lowest BCUT2D eigenvalue weighted by molar-refractivity contribution is 0.794. The fraction of sp³-hybridized carbons (Fsp3) is 0.0270. The molecule has 2 aliphatic carbocycles. The summed E-state index contributed by atoms with van der Waals surface area (Å²) in [5.41, 5.74) is 12.2. The summed E-state index contributed by atoms with van der Waals surface area (Å²) in [5, 5.41) is 3.64. The Morgan fingerprint density at radius 1 is 0.474 bits per heavy atom. The molecule has 6 aromatic carbocycles. The van der Waals surface area contributed by atoms with Crippen LogP contribution in [0.1, 0.15) is 29.1 Å². The van der Waals surface area contributed by atoms with E-state index in [-0.39, 0.29) is 35.8 Å². The number of hydrogen-bond acceptors (Lipinski definition) is 1. The van der Waals surface area contributed by atoms with Gasteiger partial charge in [-0.2, -0.15) is 0 Å². The molecule has 0 radical (unpaired) electrons. The van der Waals surface area contributed by atoms with E-state index in [1.807, 2.05) is 12.1 Å². The van der Waals surface area contributed by atoms with E-state index in [2.05, 4.69) is 96.3 Å². The third-order valence-corrected chi connectivity index (χ3v) is 7.97. The summed E-state index contributed by atoms with van der Waals surface area (Å²) in [6, 6.07) is 38.6. The largest absolute Gasteiger partial charge is 0.355 e. The van der Waals surface area contributed by atoms with Crippen molar-refractivity contribution in [1.29, 1.82) is 0 Å². The second kappa shape index (κ2) is 8.06. The van der Waals surface area contributed by atoms with Crippen molar-refractivity contribution in [3.63, 3.8) is 0 Å². The van der Waals surface area contributed by atoms with Crippen LogP contribution in [-0.2, 0) is 5.41 Å². The van der Waals surface area contributed by atoms with Crippen molar-refractivity contribution in [2.75, 3.05) is 5.32 Å². The predicted octanol–water partition coefficient (Wildman–Crippen LogP) is 9.44. The highest BCUT2D eigenvalue weighted by molar-refractivity contribution is 5.99. The molecule has 0 aliphatic heterocycles. The second-order valence-corrected chi connectivity index (χ2v) is 9.82. The molecule has 0 saturated heterocycles. The summed E-state index contributed by atoms with van der Waals surface area (Å²) in [7, 11) is 0. The molecule has 1 spiro atoms. The van der Waals surface area contributed by atoms with Crippen LogP contribution in [0.3, 0.4) is 0 Å². The minimum Gasteiger partial charge on any atom is -0.355 e. The lowest BCUT2D eigenvalue weighted by atomic mass is 9.70. The van der Waals surface area contributed by atoms with E-state index < -0.39 is 5.41 Å². The zero-order valence-corrected chi connectivity index (χ0v) is 20.5. The highest BCUT2D eigenvalue weighted by atomic mass is 14.9. The Balaban J connectivity index is 1.27. The molecule has 0 heterocycles. The van der Waals surface area contributed by atoms with E-state index >= 15 is 0 Å². The molecule has 6 aromatic rings. The number of fused-ring (bicyclic) bond motifs is 10. The van der Waals surface area contributed by atoms with E-state index in [1.54, 1.807) is 12.1 Å². The smallest absolute Gasteiger partial charge is 0.0726 e. The maximum absolute atomic E-state index is 8.35. The van der Waals surface area contributed by atoms with Crippen LogP contribution in [0.5, 0.6) is 0 Å². The van der Waals surface area contributed by atoms with Crippen molar-refractivity contribution in [3.05, 3.63) is 168 Å². The maximum Gasteiger partial charge on any atom is 0.0726 e. The number of benzene rings is 6. The molecule has 38 heavy (non-hydrogen) atoms. The fourth-order valence-corrected chi connectivity index (χ4v) is 6.52. The summed E-state index contributed by atoms with van der Waals surface area (Å²) < 4.78 is 40.7. The molecule has 0 fully saturated rings. The molecule has 0 aromatic heterocycles. The van der Waals surface area contributed by atoms with Crippen LogP contribution in [0.2, 0.25) is 0 Å². The van der Waals surface area contributed by atoms with Gasteiger partial charge in [-0.3, -0.25) is 0 Å². The normalized spacial score (nSPS) is 15.3. The summed E-state index contributed by atoms with van der Waals surface area (Å²) in [6.07, 6.45) is 0. The number of rotatable bonds is 3. The van der Waals surface area contributed by atoms with Crippen molar-refractivity contribution in [2.45, 2.75) is 5.41 Å². The van der Waals surface area contributed by atoms with Gasteiger partial charge in [0, 0.05) is 16.9 Å². The van der Waals surface area contributed by atoms with E-state index in [1.165, 1.54) is 44.5 Å². The minimum atomic E-state index is -0.415. The zero-order chi connectivity index (χ0) is 29.5. The molecule has 1 nitrogen and oxygen atoms in total. The van der Waals surface area contributed by atoms with Crippen molar-refractivity contribution in [1.82, 2.24) is 0 Å². The fourth-order valence-electron chi connectivity index (χ4n) is 6.52. The van der Waals surface area contributed by atoms with Gasteiger partial charge < -0.3 is 5.32 Å². The van der Waals surface area contributed by atoms with Crippen molar-refractivity contribution < 1.29 is 6.85 Å². The van der Waals surface area contributed by atoms with Crippen LogP contribution >= 0.6 is 0 Å². The molecular weight excluding hydrogens is 458 g/mol. The Morgan fingerprint density at radius 3 is 1.68 bits per heavy atom. The van der Waals surface area contributed by atoms with E-state index in [0.717, 1.165) is 11.4 Å². The van der Waals surface area contributed by atoms with Crippen LogP contribution in [0.15, 0.2) is 145 Å². The molecule has 0 atom stereocenters. The van der Waals surface area contributed by atoms with E-state index in [0.29, 0.717) is 5.56 Å². The highest BCUT2D eigenvalue weighted by Gasteiger charge is 2.51. The van der Waals surface area contributed by atoms with Gasteiger partial charge in [-0.15, -0.1) is 0 Å². The standard InChI is InChI=1S/C37H25N/c1-2-11-25(12-3-1)26-21-23-27(24-22-26)38-35-20-10-19-34-36(35)30-15-6-9-18-33(30)37(34)31-16-7-4-13-28(31)29-14-5-8-17-32(29)37/h1-24,38H/i1D,2D,3D,11D,12D. The molecule has 2 aliphatic rings. The summed E-state index contributed by atoms with van der Waals surface area (Å²) in [5.74, 6) is 0. The predicted molar refractivity (Wildman–Crippen MR) is 158 cm³/mol. The molecule has 178 valence electrons. The first-order chi connectivity index (χ1) is 20.9. The summed E-state index contributed by atoms with van der Waals surface area (Å²) in [6.45, 7) is 0. The van der Waals surface area contributed by atoms with Gasteiger partial charge in [0.05, 0.1) is 12.3 Å². The lowest BCUT2D eigenvalue weighted by Gasteiger charge is -2.30. The summed E-state index contributed by atoms with van der Waals surface area (Å²) >= 11 is 0. The van der Waals surface area contributed by atoms with Crippen molar-refractivity contribution in [2.24, 2.45) is 0 Å². The molecule has 8 rings (SSSR count). The third kappa shape index (κ3) is 2.82. The maximum atomic E-state index is 8.35. The van der Waals surface area contributed by atoms with Crippen LogP contribution in [0, 0.1) is 0 Å². The van der Waals surface area contributed by atoms with Crippen LogP contribution in [-0.4, -0.2) is 0 Å². The van der Waals surface area contributed by atoms with Gasteiger partial charge in [-0.1, -0.05) is 127 Å². The average Bonchev–Trinajstić information content (AvgIpc) is 3.52. The first kappa shape index (κ1) is 16.8. The second-order valence-electron chi connectivity index (χ2n) is 9.82. The van der Waals surface area contributed by atoms with Crippen LogP contribution in [0.4, 0.5) is 11.4 Å². The molecule has 0 unspecified atom stereocenters. The SMILES string of the molecule is [2H]c1c([2H])c([2H])c(-c2ccc(Nc3cccc4c3-c3ccccc3C43c4ccccc4-c4ccccc43)cc2)c([2H])c1[2H]. The Labute approximate surface area is 230 Å². The Bertz CT molecular complexity index is 2040. The monoisotopic (exact) mass is 488 g/mol. The average molecular weight is 489 g/mol. The van der Waals surface area contributed by atoms with Crippen molar-refractivity contribution >= 4 is 11.4 Å². The topological polar surface area (TPSA) is 12.0 Å². The summed E-state index contributed by atoms with van der Waals surface area (Å²) in [4.78, 5) is 0. The molecular formula is C37H25N. The lowest BCUT2D eigenvalue weighted by Crippen LogP contribution is -2.25. The van der Waals surface area contributed by atoms with Gasteiger partial charge in [0.15, 0.2) is 0 Å². The van der Waals surface area contributed by atoms with Gasteiger partial charge >= 0.3 is 0 Å². The Hall–Kier alpha value is -4.88. The van der Waals surface area contributed by atoms with Crippen molar-refractivity contribution in [3.8, 4) is 33.4 Å². The third-order valence-electron chi connectivity index (χ3n) is 7.97. The highest BCUT2D eigenvalue weighted by Crippen LogP contribution is 2.63. The van der Waals surface area contributed by atoms with Gasteiger partial charge in [0.2, 0.25) is 0 Å². The number of anilines is 2. The van der Waals surface area contributed by atoms with Gasteiger partial charge in [-0.25, -0.2) is 0 Å². The van der Waals surface area contributed by atoms with Gasteiger partial charge in [-0.05, 0) is 68.3 Å². The van der Waals surface area contributed by atoms with Gasteiger partial charge in [0.1, 0.15) is 0 Å². The molecule has 1 N–H and O–H groups in total. The molecule has 0 saturated carbocycles. The molecule has 0 bridgehead atoms. The Morgan fingerprint density at radius 2 is 1.03 bits per heavy atom. The first-order valence-corrected chi connectivity index (χ1v) is 12.8. The molecule has 1 heteroatoms. The van der Waals surface area contributed by atoms with Gasteiger partial charge in [0.25, 0.3) is 0 Å². The quantitative estimate of drug-likeness (QED) is 0.261. The minimum absolute atomic E-state index is 0.201. The van der Waals surface area contributed by atoms with E-state index in [9.17, 15) is 0 Å². The Kier molecular flexibility index (Phi) is 3.56.